The number of amides is 1. The first kappa shape index (κ1) is 13.6. The normalized spacial score (nSPS) is 19.8. The highest BCUT2D eigenvalue weighted by Gasteiger charge is 2.38. The zero-order chi connectivity index (χ0) is 14.2. The van der Waals surface area contributed by atoms with Crippen LogP contribution in [-0.4, -0.2) is 11.9 Å². The number of hydrogen-bond acceptors (Lipinski definition) is 3. The van der Waals surface area contributed by atoms with Crippen LogP contribution >= 0.6 is 0 Å². The van der Waals surface area contributed by atoms with Crippen molar-refractivity contribution in [2.45, 2.75) is 45.1 Å². The molecule has 2 rings (SSSR count). The van der Waals surface area contributed by atoms with E-state index in [1.807, 2.05) is 18.2 Å². The minimum Gasteiger partial charge on any atom is -0.458 e. The summed E-state index contributed by atoms with van der Waals surface area (Å²) in [6.07, 6.45) is 0.748. The fourth-order valence-corrected chi connectivity index (χ4v) is 2.79. The van der Waals surface area contributed by atoms with Crippen molar-refractivity contribution >= 4 is 11.9 Å². The molecule has 0 spiro atoms. The molecule has 1 atom stereocenters. The molecule has 102 valence electrons. The molecule has 1 aromatic carbocycles. The van der Waals surface area contributed by atoms with E-state index in [-0.39, 0.29) is 29.8 Å². The number of esters is 1. The third kappa shape index (κ3) is 2.78. The number of ether oxygens (including phenoxy) is 1. The Kier molecular flexibility index (Phi) is 3.35. The lowest BCUT2D eigenvalue weighted by molar-refractivity contribution is -0.147. The van der Waals surface area contributed by atoms with Crippen molar-refractivity contribution in [2.24, 2.45) is 5.73 Å². The first-order valence-electron chi connectivity index (χ1n) is 6.38. The number of benzene rings is 1. The van der Waals surface area contributed by atoms with Gasteiger partial charge in [0.15, 0.2) is 0 Å². The van der Waals surface area contributed by atoms with E-state index >= 15 is 0 Å². The Morgan fingerprint density at radius 2 is 2.11 bits per heavy atom. The minimum atomic E-state index is -0.360. The predicted molar refractivity (Wildman–Crippen MR) is 71.5 cm³/mol. The van der Waals surface area contributed by atoms with Gasteiger partial charge in [-0.05, 0) is 28.5 Å². The van der Waals surface area contributed by atoms with Crippen molar-refractivity contribution < 1.29 is 14.3 Å². The van der Waals surface area contributed by atoms with Crippen molar-refractivity contribution in [1.29, 1.82) is 0 Å². The second-order valence-electron chi connectivity index (χ2n) is 5.75. The largest absolute Gasteiger partial charge is 0.458 e. The Morgan fingerprint density at radius 3 is 2.68 bits per heavy atom. The Balaban J connectivity index is 2.39. The Bertz CT molecular complexity index is 534. The third-order valence-corrected chi connectivity index (χ3v) is 3.57. The highest BCUT2D eigenvalue weighted by Crippen LogP contribution is 2.46. The van der Waals surface area contributed by atoms with Crippen molar-refractivity contribution in [3.05, 3.63) is 34.9 Å². The lowest BCUT2D eigenvalue weighted by Gasteiger charge is -2.18. The first-order valence-corrected chi connectivity index (χ1v) is 6.38. The molecule has 0 bridgehead atoms. The van der Waals surface area contributed by atoms with Crippen LogP contribution in [-0.2, 0) is 26.2 Å². The second kappa shape index (κ2) is 4.68. The van der Waals surface area contributed by atoms with Crippen LogP contribution in [0.2, 0.25) is 0 Å². The number of primary amides is 1. The van der Waals surface area contributed by atoms with Crippen molar-refractivity contribution in [3.63, 3.8) is 0 Å². The Morgan fingerprint density at radius 1 is 1.42 bits per heavy atom. The summed E-state index contributed by atoms with van der Waals surface area (Å²) in [5.74, 6) is -0.643. The molecule has 4 nitrogen and oxygen atoms in total. The van der Waals surface area contributed by atoms with Crippen molar-refractivity contribution in [2.75, 3.05) is 0 Å². The molecule has 1 unspecified atom stereocenters. The van der Waals surface area contributed by atoms with Crippen molar-refractivity contribution in [3.8, 4) is 0 Å². The number of carbonyl (C=O) groups excluding carboxylic acids is 2. The van der Waals surface area contributed by atoms with Crippen LogP contribution in [0.5, 0.6) is 0 Å². The van der Waals surface area contributed by atoms with Crippen LogP contribution in [0.3, 0.4) is 0 Å². The van der Waals surface area contributed by atoms with Gasteiger partial charge in [-0.25, -0.2) is 0 Å². The molecular weight excluding hydrogens is 242 g/mol. The molecule has 0 radical (unpaired) electrons. The first-order chi connectivity index (χ1) is 8.79. The summed E-state index contributed by atoms with van der Waals surface area (Å²) in [5.41, 5.74) is 8.22. The van der Waals surface area contributed by atoms with E-state index in [1.165, 1.54) is 12.5 Å². The van der Waals surface area contributed by atoms with Crippen LogP contribution in [0.25, 0.3) is 0 Å². The van der Waals surface area contributed by atoms with Gasteiger partial charge < -0.3 is 10.5 Å². The molecule has 1 aromatic rings. The van der Waals surface area contributed by atoms with Crippen LogP contribution < -0.4 is 5.73 Å². The molecule has 2 N–H and O–H groups in total. The maximum absolute atomic E-state index is 11.2. The molecular formula is C15H19NO3. The molecule has 0 fully saturated rings. The van der Waals surface area contributed by atoms with E-state index in [0.29, 0.717) is 0 Å². The standard InChI is InChI=1S/C15H19NO3/c1-9(17)19-13-8-15(2,3)12-5-4-10(6-11(12)13)7-14(16)18/h4-6,13H,7-8H2,1-3H3,(H2,16,18). The van der Waals surface area contributed by atoms with Gasteiger partial charge in [0.2, 0.25) is 5.91 Å². The van der Waals surface area contributed by atoms with Crippen LogP contribution in [0, 0.1) is 0 Å². The van der Waals surface area contributed by atoms with Gasteiger partial charge in [0.1, 0.15) is 6.10 Å². The van der Waals surface area contributed by atoms with Crippen LogP contribution in [0.15, 0.2) is 18.2 Å². The number of fused-ring (bicyclic) bond motifs is 1. The maximum Gasteiger partial charge on any atom is 0.303 e. The van der Waals surface area contributed by atoms with Gasteiger partial charge in [-0.3, -0.25) is 9.59 Å². The predicted octanol–water partition coefficient (Wildman–Crippen LogP) is 2.00. The molecule has 19 heavy (non-hydrogen) atoms. The zero-order valence-corrected chi connectivity index (χ0v) is 11.5. The average molecular weight is 261 g/mol. The van der Waals surface area contributed by atoms with Crippen molar-refractivity contribution in [1.82, 2.24) is 0 Å². The molecule has 1 amide bonds. The van der Waals surface area contributed by atoms with Crippen LogP contribution in [0.4, 0.5) is 0 Å². The summed E-state index contributed by atoms with van der Waals surface area (Å²) < 4.78 is 5.38. The van der Waals surface area contributed by atoms with Gasteiger partial charge >= 0.3 is 5.97 Å². The summed E-state index contributed by atoms with van der Waals surface area (Å²) in [6, 6.07) is 5.86. The third-order valence-electron chi connectivity index (χ3n) is 3.57. The highest BCUT2D eigenvalue weighted by molar-refractivity contribution is 5.76. The highest BCUT2D eigenvalue weighted by atomic mass is 16.5. The number of rotatable bonds is 3. The van der Waals surface area contributed by atoms with Gasteiger partial charge in [0.25, 0.3) is 0 Å². The number of carbonyl (C=O) groups is 2. The van der Waals surface area contributed by atoms with E-state index in [2.05, 4.69) is 13.8 Å². The molecule has 4 heteroatoms. The lowest BCUT2D eigenvalue weighted by Crippen LogP contribution is -2.14. The lowest BCUT2D eigenvalue weighted by atomic mass is 9.86. The molecule has 0 saturated heterocycles. The smallest absolute Gasteiger partial charge is 0.303 e. The number of hydrogen-bond donors (Lipinski definition) is 1. The Hall–Kier alpha value is -1.84. The zero-order valence-electron chi connectivity index (χ0n) is 11.5. The minimum absolute atomic E-state index is 0.0271. The summed E-state index contributed by atoms with van der Waals surface area (Å²) in [6.45, 7) is 5.67. The monoisotopic (exact) mass is 261 g/mol. The maximum atomic E-state index is 11.2. The van der Waals surface area contributed by atoms with Gasteiger partial charge in [-0.15, -0.1) is 0 Å². The van der Waals surface area contributed by atoms with E-state index in [9.17, 15) is 9.59 Å². The molecule has 1 aliphatic rings. The average Bonchev–Trinajstić information content (AvgIpc) is 2.48. The van der Waals surface area contributed by atoms with E-state index in [1.54, 1.807) is 0 Å². The quantitative estimate of drug-likeness (QED) is 0.846. The summed E-state index contributed by atoms with van der Waals surface area (Å²) in [7, 11) is 0. The van der Waals surface area contributed by atoms with E-state index in [4.69, 9.17) is 10.5 Å². The van der Waals surface area contributed by atoms with Gasteiger partial charge in [0.05, 0.1) is 6.42 Å². The van der Waals surface area contributed by atoms with E-state index < -0.39 is 0 Å². The fraction of sp³-hybridized carbons (Fsp3) is 0.467. The molecule has 0 saturated carbocycles. The molecule has 0 aromatic heterocycles. The summed E-state index contributed by atoms with van der Waals surface area (Å²) in [4.78, 5) is 22.2. The topological polar surface area (TPSA) is 69.4 Å². The van der Waals surface area contributed by atoms with Gasteiger partial charge in [-0.2, -0.15) is 0 Å². The summed E-state index contributed by atoms with van der Waals surface area (Å²) in [5, 5.41) is 0. The fourth-order valence-electron chi connectivity index (χ4n) is 2.79. The second-order valence-corrected chi connectivity index (χ2v) is 5.75. The van der Waals surface area contributed by atoms with Crippen LogP contribution in [0.1, 0.15) is 50.0 Å². The number of nitrogens with two attached hydrogens (primary N) is 1. The van der Waals surface area contributed by atoms with Gasteiger partial charge in [0, 0.05) is 6.92 Å². The molecule has 0 heterocycles. The Labute approximate surface area is 112 Å². The van der Waals surface area contributed by atoms with Gasteiger partial charge in [-0.1, -0.05) is 32.0 Å². The summed E-state index contributed by atoms with van der Waals surface area (Å²) >= 11 is 0. The molecule has 0 aliphatic heterocycles. The molecule has 1 aliphatic carbocycles. The van der Waals surface area contributed by atoms with E-state index in [0.717, 1.165) is 17.5 Å². The SMILES string of the molecule is CC(=O)OC1CC(C)(C)c2ccc(CC(N)=O)cc21.